The van der Waals surface area contributed by atoms with E-state index in [1.54, 1.807) is 19.9 Å². The van der Waals surface area contributed by atoms with Crippen LogP contribution in [0.1, 0.15) is 99.3 Å². The topological polar surface area (TPSA) is 124 Å². The fourth-order valence-electron chi connectivity index (χ4n) is 8.63. The van der Waals surface area contributed by atoms with Crippen molar-refractivity contribution in [3.63, 3.8) is 0 Å². The molecule has 0 spiro atoms. The highest BCUT2D eigenvalue weighted by Gasteiger charge is 2.66. The van der Waals surface area contributed by atoms with E-state index in [4.69, 9.17) is 4.74 Å². The van der Waals surface area contributed by atoms with Crippen LogP contribution >= 0.6 is 0 Å². The monoisotopic (exact) mass is 520 g/mol. The molecule has 0 aromatic rings. The average molecular weight is 521 g/mol. The molecule has 4 aliphatic rings. The van der Waals surface area contributed by atoms with Gasteiger partial charge in [0.1, 0.15) is 12.2 Å². The summed E-state index contributed by atoms with van der Waals surface area (Å²) in [6.07, 6.45) is 5.42. The number of ketones is 1. The molecule has 4 rings (SSSR count). The van der Waals surface area contributed by atoms with Crippen LogP contribution in [0.5, 0.6) is 0 Å². The van der Waals surface area contributed by atoms with Crippen LogP contribution in [0.15, 0.2) is 11.6 Å². The predicted molar refractivity (Wildman–Crippen MR) is 139 cm³/mol. The third kappa shape index (κ3) is 4.83. The predicted octanol–water partition coefficient (Wildman–Crippen LogP) is 3.70. The Labute approximate surface area is 221 Å². The van der Waals surface area contributed by atoms with Crippen molar-refractivity contribution < 1.29 is 34.8 Å². The molecule has 0 bridgehead atoms. The molecule has 3 fully saturated rings. The first-order chi connectivity index (χ1) is 17.0. The summed E-state index contributed by atoms with van der Waals surface area (Å²) in [6, 6.07) is 0. The molecule has 7 heteroatoms. The molecule has 37 heavy (non-hydrogen) atoms. The lowest BCUT2D eigenvalue weighted by Crippen LogP contribution is -2.59. The summed E-state index contributed by atoms with van der Waals surface area (Å²) in [7, 11) is 0. The third-order valence-electron chi connectivity index (χ3n) is 11.0. The third-order valence-corrected chi connectivity index (χ3v) is 11.0. The van der Waals surface area contributed by atoms with Gasteiger partial charge >= 0.3 is 5.97 Å². The Morgan fingerprint density at radius 1 is 1.14 bits per heavy atom. The van der Waals surface area contributed by atoms with Crippen molar-refractivity contribution in [1.82, 2.24) is 0 Å². The molecular formula is C30H48O7. The number of hydrogen-bond donors (Lipinski definition) is 4. The summed E-state index contributed by atoms with van der Waals surface area (Å²) < 4.78 is 5.79. The lowest BCUT2D eigenvalue weighted by Gasteiger charge is -2.60. The summed E-state index contributed by atoms with van der Waals surface area (Å²) in [5.41, 5.74) is -1.88. The average Bonchev–Trinajstić information content (AvgIpc) is 3.08. The van der Waals surface area contributed by atoms with Crippen LogP contribution in [0.2, 0.25) is 0 Å². The SMILES string of the molecule is C[C@@H]([C@H]1CC[C@@]2(O)C3=CC(=O)[C@@H]4C[C@@H](O)CC[C@]4(C)[C@H]3CC[C@]12C)[C@@H](CCC(C)(C)O)OC(=O)[C@@H](C)O. The Hall–Kier alpha value is -1.28. The molecule has 0 aliphatic heterocycles. The standard InChI is InChI=1S/C30H48O7/c1-17(25(10-11-27(3,4)35)37-26(34)18(2)31)20-9-14-30(36)22-16-24(33)23-15-19(32)7-12-28(23,5)21(22)8-13-29(20,30)6/h16-21,23,25,31-32,35-36H,7-15H2,1-6H3/t17-,18+,19-,20+,21-,23-,25+,28+,29+,30+/m0/s1. The fraction of sp³-hybridized carbons (Fsp3) is 0.867. The summed E-state index contributed by atoms with van der Waals surface area (Å²) in [4.78, 5) is 25.7. The number of aliphatic hydroxyl groups excluding tert-OH is 2. The van der Waals surface area contributed by atoms with Gasteiger partial charge in [0.25, 0.3) is 0 Å². The van der Waals surface area contributed by atoms with Gasteiger partial charge in [-0.3, -0.25) is 4.79 Å². The molecule has 0 aromatic heterocycles. The molecule has 7 nitrogen and oxygen atoms in total. The van der Waals surface area contributed by atoms with Gasteiger partial charge in [0.05, 0.1) is 17.3 Å². The van der Waals surface area contributed by atoms with Gasteiger partial charge in [-0.25, -0.2) is 4.79 Å². The Morgan fingerprint density at radius 2 is 1.81 bits per heavy atom. The van der Waals surface area contributed by atoms with Crippen molar-refractivity contribution in [2.75, 3.05) is 0 Å². The first-order valence-electron chi connectivity index (χ1n) is 14.3. The Bertz CT molecular complexity index is 935. The first kappa shape index (κ1) is 28.7. The van der Waals surface area contributed by atoms with E-state index in [1.807, 2.05) is 0 Å². The maximum absolute atomic E-state index is 13.4. The lowest BCUT2D eigenvalue weighted by molar-refractivity contribution is -0.166. The van der Waals surface area contributed by atoms with Crippen LogP contribution in [0.4, 0.5) is 0 Å². The smallest absolute Gasteiger partial charge is 0.334 e. The van der Waals surface area contributed by atoms with Gasteiger partial charge in [0.15, 0.2) is 5.78 Å². The van der Waals surface area contributed by atoms with E-state index >= 15 is 0 Å². The number of aliphatic hydroxyl groups is 4. The molecule has 0 unspecified atom stereocenters. The lowest BCUT2D eigenvalue weighted by atomic mass is 9.46. The van der Waals surface area contributed by atoms with E-state index in [-0.39, 0.29) is 34.9 Å². The minimum absolute atomic E-state index is 0.0376. The number of esters is 1. The van der Waals surface area contributed by atoms with Crippen LogP contribution in [-0.4, -0.2) is 61.7 Å². The van der Waals surface area contributed by atoms with Gasteiger partial charge in [0, 0.05) is 11.3 Å². The minimum atomic E-state index is -1.23. The number of carbonyl (C=O) groups excluding carboxylic acids is 2. The van der Waals surface area contributed by atoms with E-state index < -0.39 is 40.9 Å². The molecule has 3 saturated carbocycles. The number of ether oxygens (including phenoxy) is 1. The van der Waals surface area contributed by atoms with Crippen molar-refractivity contribution in [2.45, 2.75) is 129 Å². The zero-order valence-electron chi connectivity index (χ0n) is 23.5. The van der Waals surface area contributed by atoms with Crippen molar-refractivity contribution in [3.8, 4) is 0 Å². The largest absolute Gasteiger partial charge is 0.460 e. The van der Waals surface area contributed by atoms with Gasteiger partial charge < -0.3 is 25.2 Å². The molecule has 210 valence electrons. The van der Waals surface area contributed by atoms with Crippen LogP contribution < -0.4 is 0 Å². The maximum Gasteiger partial charge on any atom is 0.334 e. The zero-order chi connectivity index (χ0) is 27.6. The quantitative estimate of drug-likeness (QED) is 0.377. The molecule has 0 radical (unpaired) electrons. The maximum atomic E-state index is 13.4. The van der Waals surface area contributed by atoms with Crippen molar-refractivity contribution in [3.05, 3.63) is 11.6 Å². The summed E-state index contributed by atoms with van der Waals surface area (Å²) >= 11 is 0. The number of hydrogen-bond acceptors (Lipinski definition) is 7. The van der Waals surface area contributed by atoms with E-state index in [0.717, 1.165) is 31.3 Å². The molecule has 4 aliphatic carbocycles. The molecule has 0 aromatic carbocycles. The Balaban J connectivity index is 1.64. The van der Waals surface area contributed by atoms with Gasteiger partial charge in [0.2, 0.25) is 0 Å². The van der Waals surface area contributed by atoms with Crippen LogP contribution in [0, 0.1) is 34.5 Å². The van der Waals surface area contributed by atoms with Gasteiger partial charge in [-0.2, -0.15) is 0 Å². The molecule has 0 saturated heterocycles. The van der Waals surface area contributed by atoms with Crippen LogP contribution in [0.25, 0.3) is 0 Å². The molecular weight excluding hydrogens is 472 g/mol. The summed E-state index contributed by atoms with van der Waals surface area (Å²) in [6.45, 7) is 11.2. The molecule has 0 amide bonds. The second kappa shape index (κ2) is 9.72. The van der Waals surface area contributed by atoms with E-state index in [9.17, 15) is 30.0 Å². The molecule has 0 heterocycles. The van der Waals surface area contributed by atoms with Crippen LogP contribution in [0.3, 0.4) is 0 Å². The summed E-state index contributed by atoms with van der Waals surface area (Å²) in [5, 5.41) is 42.8. The van der Waals surface area contributed by atoms with E-state index in [2.05, 4.69) is 20.8 Å². The van der Waals surface area contributed by atoms with Gasteiger partial charge in [-0.15, -0.1) is 0 Å². The highest BCUT2D eigenvalue weighted by molar-refractivity contribution is 5.95. The van der Waals surface area contributed by atoms with Gasteiger partial charge in [-0.05, 0) is 113 Å². The van der Waals surface area contributed by atoms with Crippen LogP contribution in [-0.2, 0) is 14.3 Å². The number of fused-ring (bicyclic) bond motifs is 5. The zero-order valence-corrected chi connectivity index (χ0v) is 23.5. The second-order valence-electron chi connectivity index (χ2n) is 13.9. The normalized spacial score (nSPS) is 42.1. The van der Waals surface area contributed by atoms with E-state index in [1.165, 1.54) is 6.92 Å². The number of allylic oxidation sites excluding steroid dienone is 1. The second-order valence-corrected chi connectivity index (χ2v) is 13.9. The van der Waals surface area contributed by atoms with E-state index in [0.29, 0.717) is 32.1 Å². The highest BCUT2D eigenvalue weighted by atomic mass is 16.6. The minimum Gasteiger partial charge on any atom is -0.460 e. The van der Waals surface area contributed by atoms with Crippen molar-refractivity contribution in [2.24, 2.45) is 34.5 Å². The van der Waals surface area contributed by atoms with Crippen molar-refractivity contribution >= 4 is 11.8 Å². The van der Waals surface area contributed by atoms with Crippen molar-refractivity contribution in [1.29, 1.82) is 0 Å². The Kier molecular flexibility index (Phi) is 7.55. The Morgan fingerprint density at radius 3 is 2.43 bits per heavy atom. The number of carbonyl (C=O) groups is 2. The highest BCUT2D eigenvalue weighted by Crippen LogP contribution is 2.68. The first-order valence-corrected chi connectivity index (χ1v) is 14.3. The molecule has 10 atom stereocenters. The number of rotatable bonds is 7. The molecule has 4 N–H and O–H groups in total. The fourth-order valence-corrected chi connectivity index (χ4v) is 8.63. The summed E-state index contributed by atoms with van der Waals surface area (Å²) in [5.74, 6) is -0.770. The van der Waals surface area contributed by atoms with Gasteiger partial charge in [-0.1, -0.05) is 20.8 Å².